The fourth-order valence-electron chi connectivity index (χ4n) is 8.26. The van der Waals surface area contributed by atoms with Gasteiger partial charge in [-0.3, -0.25) is 4.98 Å². The maximum atomic E-state index is 4.87. The number of aromatic nitrogens is 8. The summed E-state index contributed by atoms with van der Waals surface area (Å²) in [6.07, 6.45) is 22.3. The fourth-order valence-corrected chi connectivity index (χ4v) is 8.26. The average Bonchev–Trinajstić information content (AvgIpc) is 3.84. The highest BCUT2D eigenvalue weighted by atomic mass is 15.6. The van der Waals surface area contributed by atoms with E-state index in [0.29, 0.717) is 5.92 Å². The van der Waals surface area contributed by atoms with E-state index < -0.39 is 0 Å². The Labute approximate surface area is 294 Å². The van der Waals surface area contributed by atoms with Crippen LogP contribution in [-0.4, -0.2) is 86.1 Å². The number of rotatable bonds is 5. The molecule has 8 aromatic heterocycles. The second kappa shape index (κ2) is 12.1. The minimum Gasteiger partial charge on any atom is -0.364 e. The van der Waals surface area contributed by atoms with Gasteiger partial charge in [-0.2, -0.15) is 5.01 Å². The van der Waals surface area contributed by atoms with E-state index >= 15 is 0 Å². The summed E-state index contributed by atoms with van der Waals surface area (Å²) in [6.45, 7) is 5.70. The van der Waals surface area contributed by atoms with Gasteiger partial charge in [-0.15, -0.1) is 0 Å². The Bertz CT molecular complexity index is 2520. The van der Waals surface area contributed by atoms with E-state index in [9.17, 15) is 0 Å². The molecule has 0 aromatic carbocycles. The number of hydrogen-bond donors (Lipinski definition) is 2. The number of pyridine rings is 6. The minimum absolute atomic E-state index is 0.514. The normalized spacial score (nSPS) is 16.3. The van der Waals surface area contributed by atoms with Crippen molar-refractivity contribution >= 4 is 49.4 Å². The summed E-state index contributed by atoms with van der Waals surface area (Å²) in [5.41, 5.74) is 7.48. The molecule has 0 unspecified atom stereocenters. The molecule has 51 heavy (non-hydrogen) atoms. The molecule has 11 nitrogen and oxygen atoms in total. The molecule has 2 fully saturated rings. The topological polar surface area (TPSA) is 110 Å². The fraction of sp³-hybridized carbons (Fsp3) is 0.250. The van der Waals surface area contributed by atoms with Gasteiger partial charge < -0.3 is 19.8 Å². The van der Waals surface area contributed by atoms with Crippen LogP contribution in [0.15, 0.2) is 98.4 Å². The molecule has 0 radical (unpaired) electrons. The van der Waals surface area contributed by atoms with Gasteiger partial charge in [0.2, 0.25) is 0 Å². The number of nitrogens with one attached hydrogen (secondary N) is 2. The van der Waals surface area contributed by atoms with Gasteiger partial charge >= 0.3 is 0 Å². The van der Waals surface area contributed by atoms with Crippen LogP contribution in [-0.2, 0) is 0 Å². The number of aromatic amines is 2. The molecule has 8 aromatic rings. The summed E-state index contributed by atoms with van der Waals surface area (Å²) < 4.78 is 2.21. The molecule has 0 bridgehead atoms. The first kappa shape index (κ1) is 29.9. The summed E-state index contributed by atoms with van der Waals surface area (Å²) in [7, 11) is 2.21. The molecular weight excluding hydrogens is 635 g/mol. The summed E-state index contributed by atoms with van der Waals surface area (Å²) in [5.74, 6) is 1.50. The molecule has 0 saturated carbocycles. The molecule has 0 amide bonds. The van der Waals surface area contributed by atoms with Crippen molar-refractivity contribution in [3.05, 3.63) is 104 Å². The Morgan fingerprint density at radius 2 is 1.41 bits per heavy atom. The number of anilines is 1. The van der Waals surface area contributed by atoms with E-state index in [1.54, 1.807) is 0 Å². The lowest BCUT2D eigenvalue weighted by Crippen LogP contribution is -2.64. The zero-order valence-corrected chi connectivity index (χ0v) is 28.5. The Balaban J connectivity index is 0.902. The number of hydrogen-bond acceptors (Lipinski definition) is 8. The van der Waals surface area contributed by atoms with Gasteiger partial charge in [0.05, 0.1) is 13.1 Å². The number of fused-ring (bicyclic) bond motifs is 6. The third-order valence-electron chi connectivity index (χ3n) is 11.0. The second-order valence-corrected chi connectivity index (χ2v) is 13.8. The predicted octanol–water partition coefficient (Wildman–Crippen LogP) is 5.82. The standard InChI is InChI=1S/C40H37N11/c1-48-14-6-28(7-15-48)37-33-24-46-38-35(29(33)4-12-42-37)32(23-45-38)27-8-16-50(17-9-27)51-20-18-49(19-21-51)40-34-25-47-39-36(30(34)5-13-43-40)31(22-44-39)26-2-10-41-11-3-26/h2-5,8-13,16-17,22-25,28H,6-7,14-15,18-21H2,1H3,(H,41,43,44,47)/p+1. The van der Waals surface area contributed by atoms with Gasteiger partial charge in [0.15, 0.2) is 18.0 Å². The summed E-state index contributed by atoms with van der Waals surface area (Å²) in [4.78, 5) is 35.2. The van der Waals surface area contributed by atoms with Crippen molar-refractivity contribution in [1.29, 1.82) is 0 Å². The maximum absolute atomic E-state index is 4.87. The SMILES string of the molecule is CN1CCC(c2[nH]ccc3c2cnc2ncc(-c4cc[n+](N5CCN(c6nccc7c6cnc6[nH]cc(-c8ccncc8)c67)CC5)cc4)c23)CC1. The number of piperidine rings is 1. The molecule has 11 heteroatoms. The third-order valence-corrected chi connectivity index (χ3v) is 11.0. The number of piperazine rings is 1. The first-order chi connectivity index (χ1) is 25.2. The number of nitrogens with zero attached hydrogens (tertiary/aromatic N) is 9. The maximum Gasteiger partial charge on any atom is 0.200 e. The lowest BCUT2D eigenvalue weighted by atomic mass is 9.90. The Hall–Kier alpha value is -5.94. The van der Waals surface area contributed by atoms with E-state index in [0.717, 1.165) is 113 Å². The summed E-state index contributed by atoms with van der Waals surface area (Å²) in [5, 5.41) is 9.28. The highest BCUT2D eigenvalue weighted by Crippen LogP contribution is 2.38. The van der Waals surface area contributed by atoms with Crippen molar-refractivity contribution in [2.24, 2.45) is 0 Å². The van der Waals surface area contributed by atoms with Crippen LogP contribution in [0, 0.1) is 0 Å². The van der Waals surface area contributed by atoms with Crippen LogP contribution in [0.2, 0.25) is 0 Å². The summed E-state index contributed by atoms with van der Waals surface area (Å²) in [6, 6.07) is 12.8. The van der Waals surface area contributed by atoms with Crippen molar-refractivity contribution in [2.75, 3.05) is 56.2 Å². The lowest BCUT2D eigenvalue weighted by molar-refractivity contribution is -0.693. The minimum atomic E-state index is 0.514. The molecule has 0 atom stereocenters. The lowest BCUT2D eigenvalue weighted by Gasteiger charge is -2.33. The molecule has 2 aliphatic rings. The van der Waals surface area contributed by atoms with Gasteiger partial charge in [0.1, 0.15) is 11.5 Å². The van der Waals surface area contributed by atoms with Gasteiger partial charge in [0.25, 0.3) is 0 Å². The molecule has 10 rings (SSSR count). The average molecular weight is 673 g/mol. The monoisotopic (exact) mass is 672 g/mol. The van der Waals surface area contributed by atoms with E-state index in [4.69, 9.17) is 19.9 Å². The Morgan fingerprint density at radius 1 is 0.667 bits per heavy atom. The van der Waals surface area contributed by atoms with Crippen LogP contribution < -0.4 is 14.6 Å². The van der Waals surface area contributed by atoms with Crippen molar-refractivity contribution in [3.8, 4) is 22.3 Å². The first-order valence-corrected chi connectivity index (χ1v) is 17.8. The van der Waals surface area contributed by atoms with Crippen molar-refractivity contribution in [3.63, 3.8) is 0 Å². The van der Waals surface area contributed by atoms with E-state index in [-0.39, 0.29) is 0 Å². The number of H-pyrrole nitrogens is 2. The third kappa shape index (κ3) is 5.06. The van der Waals surface area contributed by atoms with E-state index in [1.807, 2.05) is 55.5 Å². The van der Waals surface area contributed by atoms with Crippen LogP contribution in [0.25, 0.3) is 65.9 Å². The number of likely N-dealkylation sites (tertiary alicyclic amines) is 1. The van der Waals surface area contributed by atoms with E-state index in [2.05, 4.69) is 84.3 Å². The molecule has 2 aliphatic heterocycles. The molecule has 2 N–H and O–H groups in total. The van der Waals surface area contributed by atoms with Gasteiger partial charge in [-0.25, -0.2) is 19.9 Å². The Morgan fingerprint density at radius 3 is 2.24 bits per heavy atom. The van der Waals surface area contributed by atoms with Gasteiger partial charge in [0, 0.05) is 124 Å². The van der Waals surface area contributed by atoms with Gasteiger partial charge in [-0.05, 0) is 73.8 Å². The quantitative estimate of drug-likeness (QED) is 0.220. The zero-order chi connectivity index (χ0) is 33.9. The smallest absolute Gasteiger partial charge is 0.200 e. The van der Waals surface area contributed by atoms with Crippen molar-refractivity contribution < 1.29 is 4.68 Å². The van der Waals surface area contributed by atoms with Crippen molar-refractivity contribution in [2.45, 2.75) is 18.8 Å². The zero-order valence-electron chi connectivity index (χ0n) is 28.5. The van der Waals surface area contributed by atoms with Crippen LogP contribution >= 0.6 is 0 Å². The van der Waals surface area contributed by atoms with Crippen LogP contribution in [0.1, 0.15) is 24.5 Å². The van der Waals surface area contributed by atoms with Crippen LogP contribution in [0.3, 0.4) is 0 Å². The summed E-state index contributed by atoms with van der Waals surface area (Å²) >= 11 is 0. The van der Waals surface area contributed by atoms with Crippen molar-refractivity contribution in [1.82, 2.24) is 39.8 Å². The molecule has 10 heterocycles. The molecule has 0 spiro atoms. The first-order valence-electron chi connectivity index (χ1n) is 17.8. The highest BCUT2D eigenvalue weighted by Gasteiger charge is 2.26. The highest BCUT2D eigenvalue weighted by molar-refractivity contribution is 6.14. The van der Waals surface area contributed by atoms with Crippen LogP contribution in [0.4, 0.5) is 5.82 Å². The second-order valence-electron chi connectivity index (χ2n) is 13.8. The molecule has 0 aliphatic carbocycles. The van der Waals surface area contributed by atoms with E-state index in [1.165, 1.54) is 16.5 Å². The van der Waals surface area contributed by atoms with Crippen LogP contribution in [0.5, 0.6) is 0 Å². The molecule has 2 saturated heterocycles. The van der Waals surface area contributed by atoms with Gasteiger partial charge in [-0.1, -0.05) is 4.68 Å². The molecular formula is C40H38N11+. The predicted molar refractivity (Wildman–Crippen MR) is 201 cm³/mol. The molecule has 252 valence electrons. The Kier molecular flexibility index (Phi) is 7.12. The largest absolute Gasteiger partial charge is 0.364 e.